The maximum atomic E-state index is 13.0. The van der Waals surface area contributed by atoms with E-state index < -0.39 is 47.8 Å². The largest absolute Gasteiger partial charge is 0.472 e. The second-order valence-corrected chi connectivity index (χ2v) is 46.6. The number of nitrogens with zero attached hydrogens (tertiary/aromatic N) is 6. The van der Waals surface area contributed by atoms with E-state index in [1.165, 1.54) is 4.90 Å². The Kier molecular flexibility index (Phi) is 61.1. The molecule has 0 aliphatic carbocycles. The van der Waals surface area contributed by atoms with Gasteiger partial charge in [-0.1, -0.05) is 103 Å². The van der Waals surface area contributed by atoms with Gasteiger partial charge in [0.25, 0.3) is 0 Å². The normalized spacial score (nSPS) is 24.1. The van der Waals surface area contributed by atoms with Crippen molar-refractivity contribution in [3.63, 3.8) is 0 Å². The monoisotopic (exact) mass is 1990 g/mol. The molecule has 9 unspecified atom stereocenters. The summed E-state index contributed by atoms with van der Waals surface area (Å²) >= 11 is 0. The molecule has 6 aliphatic heterocycles. The van der Waals surface area contributed by atoms with Crippen LogP contribution in [0.2, 0.25) is 0 Å². The molecular formula is C97H192N11O24P3. The number of Topliss-reactive ketones (excluding diaryl/α,β-unsaturated/α-hetero) is 2. The van der Waals surface area contributed by atoms with Crippen LogP contribution in [-0.2, 0) is 93.3 Å². The topological polar surface area (TPSA) is 416 Å². The molecule has 0 saturated carbocycles. The van der Waals surface area contributed by atoms with Gasteiger partial charge in [-0.05, 0) is 192 Å². The summed E-state index contributed by atoms with van der Waals surface area (Å²) in [6, 6.07) is 2.06. The van der Waals surface area contributed by atoms with Gasteiger partial charge in [0.05, 0.1) is 126 Å². The van der Waals surface area contributed by atoms with Crippen LogP contribution in [0.1, 0.15) is 316 Å². The fourth-order valence-corrected chi connectivity index (χ4v) is 20.3. The summed E-state index contributed by atoms with van der Waals surface area (Å²) in [7, 11) is -13.4. The number of carbonyl (C=O) groups is 6. The minimum atomic E-state index is -4.55. The molecule has 38 heteroatoms. The summed E-state index contributed by atoms with van der Waals surface area (Å²) in [6.07, 6.45) is 9.47. The fraction of sp³-hybridized carbons (Fsp3) is 0.938. The van der Waals surface area contributed by atoms with Crippen LogP contribution in [0, 0.1) is 17.8 Å². The summed E-state index contributed by atoms with van der Waals surface area (Å²) < 4.78 is 99.5. The van der Waals surface area contributed by atoms with E-state index >= 15 is 0 Å². The Labute approximate surface area is 814 Å². The number of phosphoric ester groups is 3. The highest BCUT2D eigenvalue weighted by atomic mass is 31.2. The van der Waals surface area contributed by atoms with Gasteiger partial charge in [0, 0.05) is 164 Å². The second-order valence-electron chi connectivity index (χ2n) is 42.3. The van der Waals surface area contributed by atoms with E-state index in [4.69, 9.17) is 50.8 Å². The number of amides is 4. The molecule has 6 heterocycles. The van der Waals surface area contributed by atoms with Crippen LogP contribution in [0.5, 0.6) is 0 Å². The van der Waals surface area contributed by atoms with Crippen molar-refractivity contribution >= 4 is 58.7 Å². The van der Waals surface area contributed by atoms with Crippen molar-refractivity contribution in [1.82, 2.24) is 56.0 Å². The minimum absolute atomic E-state index is 0.00174. The Bertz CT molecular complexity index is 3390. The lowest BCUT2D eigenvalue weighted by Crippen LogP contribution is -2.40. The molecule has 6 fully saturated rings. The highest BCUT2D eigenvalue weighted by Crippen LogP contribution is 2.49. The van der Waals surface area contributed by atoms with Gasteiger partial charge in [-0.3, -0.25) is 65.7 Å². The van der Waals surface area contributed by atoms with Crippen LogP contribution in [0.25, 0.3) is 0 Å². The van der Waals surface area contributed by atoms with Gasteiger partial charge in [-0.25, -0.2) is 13.7 Å². The minimum Gasteiger partial charge on any atom is -0.391 e. The molecule has 794 valence electrons. The number of hydrogen-bond donors (Lipinski definition) is 9. The zero-order chi connectivity index (χ0) is 102. The molecule has 0 aromatic carbocycles. The van der Waals surface area contributed by atoms with Crippen molar-refractivity contribution < 1.29 is 113 Å². The molecule has 6 saturated heterocycles. The predicted octanol–water partition coefficient (Wildman–Crippen LogP) is 13.2. The van der Waals surface area contributed by atoms with Crippen LogP contribution in [0.3, 0.4) is 0 Å². The highest BCUT2D eigenvalue weighted by molar-refractivity contribution is 7.48. The molecule has 9 N–H and O–H groups in total. The van der Waals surface area contributed by atoms with E-state index in [0.717, 1.165) is 64.6 Å². The fourth-order valence-electron chi connectivity index (χ4n) is 17.8. The van der Waals surface area contributed by atoms with Crippen molar-refractivity contribution in [2.75, 3.05) is 112 Å². The molecule has 4 amide bonds. The van der Waals surface area contributed by atoms with Crippen LogP contribution in [0.4, 0.5) is 0 Å². The van der Waals surface area contributed by atoms with E-state index in [1.54, 1.807) is 18.7 Å². The number of likely N-dealkylation sites (tertiary alicyclic amines) is 6. The van der Waals surface area contributed by atoms with Crippen molar-refractivity contribution in [3.8, 4) is 0 Å². The Balaban J connectivity index is 0.000000482. The highest BCUT2D eigenvalue weighted by Gasteiger charge is 2.45. The summed E-state index contributed by atoms with van der Waals surface area (Å²) in [4.78, 5) is 119. The van der Waals surface area contributed by atoms with Crippen LogP contribution in [-0.4, -0.2) is 342 Å². The summed E-state index contributed by atoms with van der Waals surface area (Å²) in [5.74, 6) is 1.88. The third-order valence-corrected chi connectivity index (χ3v) is 27.0. The number of rotatable bonds is 62. The maximum Gasteiger partial charge on any atom is 0.472 e. The lowest BCUT2D eigenvalue weighted by atomic mass is 9.96. The predicted molar refractivity (Wildman–Crippen MR) is 531 cm³/mol. The van der Waals surface area contributed by atoms with E-state index in [0.29, 0.717) is 152 Å². The Morgan fingerprint density at radius 3 is 1.21 bits per heavy atom. The summed E-state index contributed by atoms with van der Waals surface area (Å²) in [5, 5.41) is 27.1. The molecule has 15 atom stereocenters. The van der Waals surface area contributed by atoms with Gasteiger partial charge < -0.3 is 89.7 Å². The average Bonchev–Trinajstić information content (AvgIpc) is 1.70. The van der Waals surface area contributed by atoms with Crippen molar-refractivity contribution in [2.45, 2.75) is 461 Å². The van der Waals surface area contributed by atoms with Gasteiger partial charge in [-0.15, -0.1) is 0 Å². The molecule has 0 bridgehead atoms. The number of β-amino-alcohol motifs (C(OH)–C–C–N with tert-alkyl or cyclic N) is 1. The van der Waals surface area contributed by atoms with Crippen LogP contribution in [0.15, 0.2) is 0 Å². The number of nitrogens with one attached hydrogen (secondary N) is 5. The number of ketones is 2. The van der Waals surface area contributed by atoms with Crippen molar-refractivity contribution in [1.29, 1.82) is 0 Å². The van der Waals surface area contributed by atoms with E-state index in [-0.39, 0.29) is 192 Å². The molecule has 0 spiro atoms. The molecular weight excluding hydrogens is 1800 g/mol. The van der Waals surface area contributed by atoms with E-state index in [9.17, 15) is 62.2 Å². The van der Waals surface area contributed by atoms with Crippen molar-refractivity contribution in [2.24, 2.45) is 17.8 Å². The van der Waals surface area contributed by atoms with Crippen LogP contribution < -0.4 is 26.6 Å². The Hall–Kier alpha value is -2.97. The zero-order valence-corrected chi connectivity index (χ0v) is 91.2. The lowest BCUT2D eigenvalue weighted by Gasteiger charge is -2.29. The summed E-state index contributed by atoms with van der Waals surface area (Å²) in [6.45, 7) is 63.2. The first-order valence-electron chi connectivity index (χ1n) is 51.2. The Morgan fingerprint density at radius 1 is 0.356 bits per heavy atom. The van der Waals surface area contributed by atoms with Crippen LogP contribution >= 0.6 is 23.5 Å². The average molecular weight is 1990 g/mol. The molecule has 35 nitrogen and oxygen atoms in total. The number of phosphoric acid groups is 3. The van der Waals surface area contributed by atoms with Gasteiger partial charge in [0.1, 0.15) is 17.7 Å². The third kappa shape index (κ3) is 55.1. The third-order valence-electron chi connectivity index (χ3n) is 24.0. The molecule has 6 rings (SSSR count). The van der Waals surface area contributed by atoms with Crippen molar-refractivity contribution in [3.05, 3.63) is 0 Å². The lowest BCUT2D eigenvalue weighted by molar-refractivity contribution is -0.135. The zero-order valence-electron chi connectivity index (χ0n) is 88.5. The smallest absolute Gasteiger partial charge is 0.391 e. The first kappa shape index (κ1) is 126. The number of aliphatic hydroxyl groups excluding tert-OH is 1. The SMILES string of the molecule is CC(C)CCC(=O)N1C[C@H](OC(C)C)C[C@H]1COC(C)C.CC(C)CCCC(=O)CC1CC(COC(C)C)N(C(=O)CCNC(C)C)C1.CC(C)NC1CC(COP(=O)(O)OCC(COP(=O)(O)OCC2CC(NC(C)C)CN2C(C)C)OC(C)C)N(C(C)C)C1.CC(C)NCCCC(=O)CCC(=O)N1C[C@H](O)C[C@H]1COP(=O)(O)O[C@@H]1C[C@@H](COC(C)C)N(C(=O)CCCNC(C)C)C1. The van der Waals surface area contributed by atoms with Gasteiger partial charge >= 0.3 is 23.5 Å². The quantitative estimate of drug-likeness (QED) is 0.0202. The number of carbonyl (C=O) groups excluding carboxylic acids is 6. The standard InChI is InChI=1S/C30H57N4O9P.C28H60N4O9P2.C22H42N2O3.C17H33NO3/c1-21(2)31-13-7-9-26(35)11-12-30(38)33-17-27(36)15-24(33)20-42-44(39,40)43-28-16-25(19-41-23(5)6)34(18-28)29(37)10-8-14-32-22(3)4;1-19(2)29-24-11-26(31(13-24)21(5)6)15-37-42(33,34)39-17-28(41-23(9)10)18-40-43(35,36)38-16-27-12-25(30-20(3)4)14-32(27)22(7)8;1-16(2)8-7-9-21(25)13-19-12-20(15-27-18(5)6)24(14-19)22(26)10-11-23-17(3)4;1-12(2)7-8-17(19)18-10-16(21-14(5)6)9-15(18)11-20-13(3)4/h21-25,27-28,31-32,36H,7-20H2,1-6H3,(H,39,40);19-30H,11-18H2,1-10H3,(H,33,34)(H,35,36);16-20,23H,7-15H2,1-6H3;12-16H,7-11H2,1-6H3/t24-,25-,27+,28+;;;15-,16+/m0..0/s1. The maximum absolute atomic E-state index is 13.0. The number of hydrogen-bond acceptors (Lipinski definition) is 28. The molecule has 0 aromatic heterocycles. The molecule has 135 heavy (non-hydrogen) atoms. The first-order valence-corrected chi connectivity index (χ1v) is 55.7. The second kappa shape index (κ2) is 65.4. The molecule has 6 aliphatic rings. The number of ether oxygens (including phenoxy) is 5. The number of aliphatic hydroxyl groups is 1. The summed E-state index contributed by atoms with van der Waals surface area (Å²) in [5.41, 5.74) is 0. The van der Waals surface area contributed by atoms with Gasteiger partial charge in [0.2, 0.25) is 23.6 Å². The van der Waals surface area contributed by atoms with E-state index in [2.05, 4.69) is 133 Å². The first-order chi connectivity index (χ1) is 63.0. The van der Waals surface area contributed by atoms with Gasteiger partial charge in [-0.2, -0.15) is 0 Å². The Morgan fingerprint density at radius 2 is 0.756 bits per heavy atom. The molecule has 0 aromatic rings. The molecule has 0 radical (unpaired) electrons. The van der Waals surface area contributed by atoms with E-state index in [1.807, 2.05) is 92.9 Å². The van der Waals surface area contributed by atoms with Gasteiger partial charge in [0.15, 0.2) is 0 Å².